The van der Waals surface area contributed by atoms with Crippen LogP contribution in [-0.4, -0.2) is 55.1 Å². The minimum atomic E-state index is -3.98. The number of carbonyl (C=O) groups excluding carboxylic acids is 2. The number of halogens is 1. The molecule has 7 nitrogen and oxygen atoms in total. The number of hydrogen-bond donors (Lipinski definition) is 1. The maximum atomic E-state index is 14.8. The molecule has 3 aromatic carbocycles. The lowest BCUT2D eigenvalue weighted by Gasteiger charge is -2.33. The van der Waals surface area contributed by atoms with Crippen LogP contribution in [0.2, 0.25) is 0 Å². The van der Waals surface area contributed by atoms with Gasteiger partial charge < -0.3 is 10.2 Å². The first-order valence-electron chi connectivity index (χ1n) is 13.6. The summed E-state index contributed by atoms with van der Waals surface area (Å²) >= 11 is 0. The van der Waals surface area contributed by atoms with Gasteiger partial charge in [0.25, 0.3) is 0 Å². The molecule has 1 N–H and O–H groups in total. The predicted octanol–water partition coefficient (Wildman–Crippen LogP) is 4.45. The Kier molecular flexibility index (Phi) is 9.71. The number of hydrogen-bond acceptors (Lipinski definition) is 4. The van der Waals surface area contributed by atoms with E-state index in [1.165, 1.54) is 30.1 Å². The molecule has 0 spiro atoms. The highest BCUT2D eigenvalue weighted by Crippen LogP contribution is 2.22. The molecule has 1 atom stereocenters. The van der Waals surface area contributed by atoms with Crippen molar-refractivity contribution in [2.24, 2.45) is 0 Å². The Bertz CT molecular complexity index is 1410. The fourth-order valence-electron chi connectivity index (χ4n) is 4.99. The Morgan fingerprint density at radius 2 is 1.57 bits per heavy atom. The van der Waals surface area contributed by atoms with Gasteiger partial charge in [0.05, 0.1) is 11.4 Å². The topological polar surface area (TPSA) is 86.8 Å². The van der Waals surface area contributed by atoms with Gasteiger partial charge in [0.15, 0.2) is 0 Å². The lowest BCUT2D eigenvalue weighted by molar-refractivity contribution is -0.141. The van der Waals surface area contributed by atoms with Crippen LogP contribution >= 0.6 is 0 Å². The average molecular weight is 566 g/mol. The van der Waals surface area contributed by atoms with Gasteiger partial charge in [-0.2, -0.15) is 4.31 Å². The lowest BCUT2D eigenvalue weighted by atomic mass is 10.0. The first-order chi connectivity index (χ1) is 19.1. The van der Waals surface area contributed by atoms with Gasteiger partial charge >= 0.3 is 0 Å². The Labute approximate surface area is 236 Å². The van der Waals surface area contributed by atoms with Gasteiger partial charge in [0.1, 0.15) is 11.9 Å². The third-order valence-electron chi connectivity index (χ3n) is 7.36. The van der Waals surface area contributed by atoms with Crippen molar-refractivity contribution in [3.8, 4) is 0 Å². The molecule has 3 aromatic rings. The van der Waals surface area contributed by atoms with Gasteiger partial charge in [-0.05, 0) is 43.5 Å². The predicted molar refractivity (Wildman–Crippen MR) is 152 cm³/mol. The Morgan fingerprint density at radius 1 is 0.950 bits per heavy atom. The largest absolute Gasteiger partial charge is 0.352 e. The molecule has 1 aliphatic rings. The van der Waals surface area contributed by atoms with Gasteiger partial charge in [-0.1, -0.05) is 79.1 Å². The molecule has 0 heterocycles. The van der Waals surface area contributed by atoms with Crippen LogP contribution in [0.5, 0.6) is 0 Å². The number of likely N-dealkylation sites (N-methyl/N-ethyl adjacent to an activating group) is 1. The molecule has 0 bridgehead atoms. The van der Waals surface area contributed by atoms with Crippen molar-refractivity contribution in [2.75, 3.05) is 13.6 Å². The molecule has 0 aromatic heterocycles. The molecule has 212 valence electrons. The molecule has 9 heteroatoms. The fourth-order valence-corrected chi connectivity index (χ4v) is 6.11. The van der Waals surface area contributed by atoms with E-state index in [1.54, 1.807) is 30.3 Å². The van der Waals surface area contributed by atoms with Gasteiger partial charge in [-0.15, -0.1) is 0 Å². The maximum Gasteiger partial charge on any atom is 0.243 e. The summed E-state index contributed by atoms with van der Waals surface area (Å²) in [5, 5.41) is 3.09. The normalized spacial score (nSPS) is 14.7. The summed E-state index contributed by atoms with van der Waals surface area (Å²) in [4.78, 5) is 29.0. The zero-order valence-corrected chi connectivity index (χ0v) is 23.7. The second-order valence-corrected chi connectivity index (χ2v) is 12.4. The molecule has 0 saturated heterocycles. The third-order valence-corrected chi connectivity index (χ3v) is 9.18. The summed E-state index contributed by atoms with van der Waals surface area (Å²) in [7, 11) is -2.65. The quantitative estimate of drug-likeness (QED) is 0.372. The highest BCUT2D eigenvalue weighted by atomic mass is 32.2. The van der Waals surface area contributed by atoms with Gasteiger partial charge in [0, 0.05) is 31.6 Å². The Hall–Kier alpha value is -3.56. The van der Waals surface area contributed by atoms with Gasteiger partial charge in [0.2, 0.25) is 21.8 Å². The molecule has 0 unspecified atom stereocenters. The summed E-state index contributed by atoms with van der Waals surface area (Å²) in [6.07, 6.45) is 3.97. The van der Waals surface area contributed by atoms with Crippen molar-refractivity contribution in [3.05, 3.63) is 101 Å². The molecular weight excluding hydrogens is 529 g/mol. The number of carbonyl (C=O) groups is 2. The summed E-state index contributed by atoms with van der Waals surface area (Å²) in [6.45, 7) is 1.17. The average Bonchev–Trinajstić information content (AvgIpc) is 3.45. The van der Waals surface area contributed by atoms with E-state index in [0.717, 1.165) is 41.1 Å². The van der Waals surface area contributed by atoms with E-state index in [0.29, 0.717) is 0 Å². The molecule has 1 fully saturated rings. The molecule has 0 radical (unpaired) electrons. The molecule has 1 aliphatic carbocycles. The van der Waals surface area contributed by atoms with Crippen LogP contribution in [0.3, 0.4) is 0 Å². The van der Waals surface area contributed by atoms with Crippen molar-refractivity contribution in [2.45, 2.75) is 62.6 Å². The van der Waals surface area contributed by atoms with Crippen LogP contribution < -0.4 is 5.32 Å². The zero-order valence-electron chi connectivity index (χ0n) is 22.9. The highest BCUT2D eigenvalue weighted by Gasteiger charge is 2.34. The van der Waals surface area contributed by atoms with Crippen LogP contribution in [0.1, 0.15) is 42.4 Å². The van der Waals surface area contributed by atoms with Crippen molar-refractivity contribution >= 4 is 21.8 Å². The molecular formula is C31H36FN3O4S. The van der Waals surface area contributed by atoms with Crippen molar-refractivity contribution in [1.29, 1.82) is 0 Å². The van der Waals surface area contributed by atoms with Crippen LogP contribution in [0.25, 0.3) is 0 Å². The smallest absolute Gasteiger partial charge is 0.243 e. The fraction of sp³-hybridized carbons (Fsp3) is 0.355. The monoisotopic (exact) mass is 565 g/mol. The van der Waals surface area contributed by atoms with E-state index in [-0.39, 0.29) is 35.4 Å². The number of sulfonamides is 1. The number of nitrogens with one attached hydrogen (secondary N) is 1. The van der Waals surface area contributed by atoms with Crippen molar-refractivity contribution in [1.82, 2.24) is 14.5 Å². The molecule has 4 rings (SSSR count). The molecule has 2 amide bonds. The molecule has 1 saturated carbocycles. The van der Waals surface area contributed by atoms with E-state index in [9.17, 15) is 22.4 Å². The van der Waals surface area contributed by atoms with Crippen molar-refractivity contribution in [3.63, 3.8) is 0 Å². The SMILES string of the molecule is Cc1ccc(S(=O)(=O)N(C)CC(=O)N(Cc2ccccc2F)[C@H](Cc2ccccc2)C(=O)NC2CCCC2)cc1. The summed E-state index contributed by atoms with van der Waals surface area (Å²) in [5.41, 5.74) is 1.98. The van der Waals surface area contributed by atoms with E-state index in [4.69, 9.17) is 0 Å². The summed E-state index contributed by atoms with van der Waals surface area (Å²) < 4.78 is 42.3. The molecule has 0 aliphatic heterocycles. The first kappa shape index (κ1) is 29.4. The summed E-state index contributed by atoms with van der Waals surface area (Å²) in [5.74, 6) is -1.43. The van der Waals surface area contributed by atoms with E-state index in [2.05, 4.69) is 5.32 Å². The Balaban J connectivity index is 1.66. The van der Waals surface area contributed by atoms with Crippen LogP contribution in [0.15, 0.2) is 83.8 Å². The van der Waals surface area contributed by atoms with Gasteiger partial charge in [-0.25, -0.2) is 12.8 Å². The molecule has 40 heavy (non-hydrogen) atoms. The number of rotatable bonds is 11. The minimum Gasteiger partial charge on any atom is -0.352 e. The maximum absolute atomic E-state index is 14.8. The van der Waals surface area contributed by atoms with E-state index < -0.39 is 34.3 Å². The second-order valence-electron chi connectivity index (χ2n) is 10.4. The van der Waals surface area contributed by atoms with Crippen LogP contribution in [0, 0.1) is 12.7 Å². The Morgan fingerprint density at radius 3 is 2.23 bits per heavy atom. The minimum absolute atomic E-state index is 0.0146. The number of nitrogens with zero attached hydrogens (tertiary/aromatic N) is 2. The lowest BCUT2D eigenvalue weighted by Crippen LogP contribution is -2.54. The van der Waals surface area contributed by atoms with E-state index in [1.807, 2.05) is 37.3 Å². The highest BCUT2D eigenvalue weighted by molar-refractivity contribution is 7.89. The van der Waals surface area contributed by atoms with Crippen molar-refractivity contribution < 1.29 is 22.4 Å². The third kappa shape index (κ3) is 7.34. The first-order valence-corrected chi connectivity index (χ1v) is 15.0. The standard InChI is InChI=1S/C31H36FN3O4S/c1-23-16-18-27(19-17-23)40(38,39)34(2)22-30(36)35(21-25-12-6-9-15-28(25)32)29(20-24-10-4-3-5-11-24)31(37)33-26-13-7-8-14-26/h3-6,9-12,15-19,26,29H,7-8,13-14,20-22H2,1-2H3,(H,33,37)/t29-/m1/s1. The summed E-state index contributed by atoms with van der Waals surface area (Å²) in [6, 6.07) is 20.8. The van der Waals surface area contributed by atoms with Crippen LogP contribution in [-0.2, 0) is 32.6 Å². The zero-order chi connectivity index (χ0) is 28.7. The number of aryl methyl sites for hydroxylation is 1. The number of amides is 2. The van der Waals surface area contributed by atoms with Gasteiger partial charge in [-0.3, -0.25) is 9.59 Å². The number of benzene rings is 3. The second kappa shape index (κ2) is 13.2. The van der Waals surface area contributed by atoms with E-state index >= 15 is 0 Å². The van der Waals surface area contributed by atoms with Crippen LogP contribution in [0.4, 0.5) is 4.39 Å².